The molecule has 0 unspecified atom stereocenters. The van der Waals surface area contributed by atoms with Crippen LogP contribution in [0.4, 0.5) is 0 Å². The Morgan fingerprint density at radius 3 is 1.30 bits per heavy atom. The van der Waals surface area contributed by atoms with Crippen molar-refractivity contribution in [1.29, 1.82) is 0 Å². The summed E-state index contributed by atoms with van der Waals surface area (Å²) in [5.41, 5.74) is 2.56. The molecule has 0 aromatic heterocycles. The van der Waals surface area contributed by atoms with E-state index >= 15 is 0 Å². The maximum Gasteiger partial charge on any atom is 0.148 e. The number of rotatable bonds is 2. The van der Waals surface area contributed by atoms with Crippen molar-refractivity contribution in [2.24, 2.45) is 0 Å². The van der Waals surface area contributed by atoms with Crippen LogP contribution in [-0.4, -0.2) is 14.6 Å². The van der Waals surface area contributed by atoms with Gasteiger partial charge < -0.3 is 0 Å². The van der Waals surface area contributed by atoms with Crippen LogP contribution in [0.15, 0.2) is 48.5 Å². The fourth-order valence-corrected chi connectivity index (χ4v) is 2.39. The zero-order chi connectivity index (χ0) is 12.5. The first-order valence-electron chi connectivity index (χ1n) is 6.36. The summed E-state index contributed by atoms with van der Waals surface area (Å²) in [6.45, 7) is 4.15. The second kappa shape index (κ2) is 8.23. The van der Waals surface area contributed by atoms with Crippen molar-refractivity contribution >= 4 is 47.0 Å². The van der Waals surface area contributed by atoms with Crippen LogP contribution in [0.1, 0.15) is 0 Å². The summed E-state index contributed by atoms with van der Waals surface area (Å²) in [5, 5.41) is 5.24. The Morgan fingerprint density at radius 2 is 0.950 bits per heavy atom. The molecule has 3 aromatic carbocycles. The minimum Gasteiger partial charge on any atom is -0.0875 e. The van der Waals surface area contributed by atoms with Gasteiger partial charge in [-0.2, -0.15) is 0 Å². The van der Waals surface area contributed by atoms with Gasteiger partial charge >= 0.3 is 0 Å². The quantitative estimate of drug-likeness (QED) is 0.454. The predicted molar refractivity (Wildman–Crippen MR) is 84.0 cm³/mol. The van der Waals surface area contributed by atoms with E-state index in [4.69, 9.17) is 0 Å². The van der Waals surface area contributed by atoms with Gasteiger partial charge in [0.05, 0.1) is 0 Å². The number of fused-ring (bicyclic) bond motifs is 2. The zero-order valence-corrected chi connectivity index (χ0v) is 17.6. The Balaban J connectivity index is 0.000001000. The van der Waals surface area contributed by atoms with Gasteiger partial charge in [-0.15, -0.1) is 0 Å². The molecule has 0 heterocycles. The zero-order valence-electron chi connectivity index (χ0n) is 11.9. The molecule has 20 heavy (non-hydrogen) atoms. The van der Waals surface area contributed by atoms with Crippen molar-refractivity contribution in [1.82, 2.24) is 0 Å². The van der Waals surface area contributed by atoms with Gasteiger partial charge in [0.2, 0.25) is 0 Å². The van der Waals surface area contributed by atoms with E-state index < -0.39 is 0 Å². The Labute approximate surface area is 172 Å². The molecule has 0 amide bonds. The fourth-order valence-electron chi connectivity index (χ4n) is 2.39. The second-order valence-corrected chi connectivity index (χ2v) is 4.64. The topological polar surface area (TPSA) is 0 Å². The number of hydrogen-bond acceptors (Lipinski definition) is 0. The maximum absolute atomic E-state index is 2.27. The minimum absolute atomic E-state index is 0. The average molecular weight is 406 g/mol. The van der Waals surface area contributed by atoms with Crippen molar-refractivity contribution in [2.75, 3.05) is 0 Å². The average Bonchev–Trinajstić information content (AvgIpc) is 2.43. The Bertz CT molecular complexity index is 663. The van der Waals surface area contributed by atoms with Crippen molar-refractivity contribution in [3.8, 4) is 0 Å². The summed E-state index contributed by atoms with van der Waals surface area (Å²) in [6.07, 6.45) is 0. The van der Waals surface area contributed by atoms with Crippen molar-refractivity contribution in [2.45, 2.75) is 13.6 Å². The Morgan fingerprint density at radius 1 is 0.550 bits per heavy atom. The third-order valence-corrected chi connectivity index (χ3v) is 3.51. The summed E-state index contributed by atoms with van der Waals surface area (Å²) in [6, 6.07) is 17.8. The molecular weight excluding hydrogens is 392 g/mol. The third-order valence-electron chi connectivity index (χ3n) is 3.51. The molecule has 0 nitrogen and oxygen atoms in total. The smallest absolute Gasteiger partial charge is 0.0875 e. The second-order valence-electron chi connectivity index (χ2n) is 4.64. The number of hydrogen-bond donors (Lipinski definition) is 0. The van der Waals surface area contributed by atoms with Gasteiger partial charge in [-0.25, -0.2) is 0 Å². The van der Waals surface area contributed by atoms with E-state index in [0.29, 0.717) is 0 Å². The van der Waals surface area contributed by atoms with Crippen molar-refractivity contribution in [3.05, 3.63) is 48.5 Å². The summed E-state index contributed by atoms with van der Waals surface area (Å²) >= 11 is 0. The molecule has 0 bridgehead atoms. The van der Waals surface area contributed by atoms with Gasteiger partial charge in [-0.05, 0) is 33.7 Å². The fraction of sp³-hybridized carbons (Fsp3) is 0.125. The van der Waals surface area contributed by atoms with Crippen LogP contribution < -0.4 is 10.9 Å². The van der Waals surface area contributed by atoms with Crippen molar-refractivity contribution in [3.63, 3.8) is 0 Å². The summed E-state index contributed by atoms with van der Waals surface area (Å²) in [5.74, 6) is 0. The predicted octanol–water partition coefficient (Wildman–Crippen LogP) is 2.74. The summed E-state index contributed by atoms with van der Waals surface area (Å²) in [4.78, 5) is 0. The van der Waals surface area contributed by atoms with Gasteiger partial charge in [0.25, 0.3) is 0 Å². The summed E-state index contributed by atoms with van der Waals surface area (Å²) in [7, 11) is 4.28. The first-order valence-corrected chi connectivity index (χ1v) is 6.36. The van der Waals surface area contributed by atoms with E-state index in [0.717, 1.165) is 0 Å². The number of benzene rings is 3. The van der Waals surface area contributed by atoms with Gasteiger partial charge in [0, 0.05) is 65.4 Å². The molecule has 4 radical (unpaired) electrons. The molecule has 4 heteroatoms. The molecule has 0 atom stereocenters. The molecule has 3 rings (SSSR count). The molecule has 0 saturated heterocycles. The first-order chi connectivity index (χ1) is 8.80. The van der Waals surface area contributed by atoms with Crippen LogP contribution in [0.2, 0.25) is 13.6 Å². The van der Waals surface area contributed by atoms with Crippen LogP contribution in [0, 0.1) is 0 Å². The minimum atomic E-state index is 0. The van der Waals surface area contributed by atoms with Gasteiger partial charge in [-0.3, -0.25) is 0 Å². The van der Waals surface area contributed by atoms with E-state index in [1.165, 1.54) is 32.5 Å². The maximum atomic E-state index is 2.27. The molecular formula is C16H14B2Y2. The monoisotopic (exact) mass is 406 g/mol. The molecule has 0 fully saturated rings. The van der Waals surface area contributed by atoms with Crippen LogP contribution in [0.3, 0.4) is 0 Å². The Hall–Kier alpha value is 0.518. The molecule has 0 saturated carbocycles. The van der Waals surface area contributed by atoms with Crippen LogP contribution in [0.25, 0.3) is 21.5 Å². The Kier molecular flexibility index (Phi) is 7.64. The van der Waals surface area contributed by atoms with E-state index in [-0.39, 0.29) is 65.4 Å². The molecule has 3 aromatic rings. The van der Waals surface area contributed by atoms with Gasteiger partial charge in [-0.1, -0.05) is 61.0 Å². The third kappa shape index (κ3) is 3.83. The molecule has 0 aliphatic rings. The molecule has 90 valence electrons. The van der Waals surface area contributed by atoms with E-state index in [1.807, 2.05) is 0 Å². The van der Waals surface area contributed by atoms with Gasteiger partial charge in [0.1, 0.15) is 14.6 Å². The standard InChI is InChI=1S/C16H14B2.2Y/c1-17-15-5-3-11-8-14-10-16(18-2)6-4-12(14)7-13(11)9-15;;/h3-10H,1-2H3;;. The molecule has 0 aliphatic carbocycles. The van der Waals surface area contributed by atoms with E-state index in [9.17, 15) is 0 Å². The van der Waals surface area contributed by atoms with Gasteiger partial charge in [0.15, 0.2) is 0 Å². The largest absolute Gasteiger partial charge is 0.148 e. The van der Waals surface area contributed by atoms with Crippen LogP contribution >= 0.6 is 0 Å². The summed E-state index contributed by atoms with van der Waals surface area (Å²) < 4.78 is 0. The molecule has 0 spiro atoms. The van der Waals surface area contributed by atoms with E-state index in [2.05, 4.69) is 76.7 Å². The molecule has 0 N–H and O–H groups in total. The first kappa shape index (κ1) is 18.6. The SMILES string of the molecule is C[B]c1ccc2cc3cc([B]C)ccc3cc2c1.[Y].[Y]. The normalized spacial score (nSPS) is 9.70. The van der Waals surface area contributed by atoms with E-state index in [1.54, 1.807) is 0 Å². The molecule has 0 aliphatic heterocycles. The van der Waals surface area contributed by atoms with Crippen molar-refractivity contribution < 1.29 is 65.4 Å². The van der Waals surface area contributed by atoms with Crippen LogP contribution in [-0.2, 0) is 65.4 Å². The van der Waals surface area contributed by atoms with Crippen LogP contribution in [0.5, 0.6) is 0 Å².